The van der Waals surface area contributed by atoms with Crippen molar-refractivity contribution >= 4 is 11.9 Å². The first-order valence-corrected chi connectivity index (χ1v) is 8.12. The number of rotatable bonds is 14. The van der Waals surface area contributed by atoms with Gasteiger partial charge in [0.2, 0.25) is 0 Å². The van der Waals surface area contributed by atoms with Crippen molar-refractivity contribution in [2.45, 2.75) is 70.8 Å². The Morgan fingerprint density at radius 3 is 2.29 bits per heavy atom. The van der Waals surface area contributed by atoms with E-state index >= 15 is 0 Å². The summed E-state index contributed by atoms with van der Waals surface area (Å²) in [4.78, 5) is 11.1. The van der Waals surface area contributed by atoms with Gasteiger partial charge in [-0.25, -0.2) is 0 Å². The third kappa shape index (κ3) is 13.4. The highest BCUT2D eigenvalue weighted by molar-refractivity contribution is 5.74. The Labute approximate surface area is 128 Å². The number of nitrogens with one attached hydrogen (secondary N) is 3. The Kier molecular flexibility index (Phi) is 12.8. The zero-order chi connectivity index (χ0) is 15.9. The summed E-state index contributed by atoms with van der Waals surface area (Å²) in [5.74, 6) is -0.876. The maximum Gasteiger partial charge on any atom is 0.320 e. The molecule has 1 atom stereocenters. The maximum absolute atomic E-state index is 11.1. The van der Waals surface area contributed by atoms with E-state index in [2.05, 4.69) is 17.6 Å². The van der Waals surface area contributed by atoms with Crippen LogP contribution in [-0.4, -0.2) is 36.2 Å². The predicted octanol–water partition coefficient (Wildman–Crippen LogP) is 2.04. The fraction of sp³-hybridized carbons (Fsp3) is 0.867. The number of hydrogen-bond acceptors (Lipinski definition) is 3. The second kappa shape index (κ2) is 13.7. The normalized spacial score (nSPS) is 12.0. The van der Waals surface area contributed by atoms with E-state index in [1.165, 1.54) is 32.1 Å². The minimum absolute atomic E-state index is 0.0714. The summed E-state index contributed by atoms with van der Waals surface area (Å²) in [6.45, 7) is 3.50. The van der Waals surface area contributed by atoms with Gasteiger partial charge >= 0.3 is 5.97 Å². The van der Waals surface area contributed by atoms with E-state index in [1.807, 2.05) is 0 Å². The van der Waals surface area contributed by atoms with E-state index in [4.69, 9.17) is 16.2 Å². The molecular formula is C15H32N4O2. The summed E-state index contributed by atoms with van der Waals surface area (Å²) in [6.07, 6.45) is 9.83. The molecule has 0 radical (unpaired) electrons. The number of unbranched alkanes of at least 4 members (excludes halogenated alkanes) is 6. The molecular weight excluding hydrogens is 268 g/mol. The van der Waals surface area contributed by atoms with Gasteiger partial charge in [-0.1, -0.05) is 45.4 Å². The van der Waals surface area contributed by atoms with Crippen LogP contribution in [0.3, 0.4) is 0 Å². The fourth-order valence-electron chi connectivity index (χ4n) is 2.20. The molecule has 6 heteroatoms. The molecule has 21 heavy (non-hydrogen) atoms. The Morgan fingerprint density at radius 2 is 1.71 bits per heavy atom. The average molecular weight is 300 g/mol. The molecule has 0 aromatic heterocycles. The number of carbonyl (C=O) groups is 1. The molecule has 0 saturated carbocycles. The molecule has 0 aliphatic heterocycles. The molecule has 0 spiro atoms. The summed E-state index contributed by atoms with van der Waals surface area (Å²) in [5, 5.41) is 21.9. The third-order valence-electron chi connectivity index (χ3n) is 3.45. The van der Waals surface area contributed by atoms with Crippen LogP contribution in [0.4, 0.5) is 0 Å². The molecule has 0 fully saturated rings. The number of carboxylic acid groups (broad SMARTS) is 1. The van der Waals surface area contributed by atoms with Gasteiger partial charge in [-0.05, 0) is 25.8 Å². The zero-order valence-electron chi connectivity index (χ0n) is 13.3. The van der Waals surface area contributed by atoms with Crippen molar-refractivity contribution < 1.29 is 9.90 Å². The molecule has 1 unspecified atom stereocenters. The van der Waals surface area contributed by atoms with Crippen LogP contribution in [0.5, 0.6) is 0 Å². The lowest BCUT2D eigenvalue weighted by atomic mass is 10.1. The van der Waals surface area contributed by atoms with Crippen LogP contribution >= 0.6 is 0 Å². The molecule has 0 aliphatic carbocycles. The van der Waals surface area contributed by atoms with Crippen molar-refractivity contribution in [2.24, 2.45) is 5.73 Å². The molecule has 0 amide bonds. The van der Waals surface area contributed by atoms with Crippen LogP contribution in [0.25, 0.3) is 0 Å². The quantitative estimate of drug-likeness (QED) is 0.191. The van der Waals surface area contributed by atoms with Crippen molar-refractivity contribution in [3.05, 3.63) is 0 Å². The molecule has 0 heterocycles. The lowest BCUT2D eigenvalue weighted by molar-refractivity contribution is -0.139. The molecule has 0 aromatic carbocycles. The lowest BCUT2D eigenvalue weighted by Gasteiger charge is -2.14. The largest absolute Gasteiger partial charge is 0.480 e. The average Bonchev–Trinajstić information content (AvgIpc) is 2.43. The first-order valence-electron chi connectivity index (χ1n) is 8.12. The first kappa shape index (κ1) is 19.7. The number of guanidine groups is 1. The molecule has 0 aromatic rings. The number of aliphatic carboxylic acids is 1. The highest BCUT2D eigenvalue weighted by Crippen LogP contribution is 2.06. The van der Waals surface area contributed by atoms with Crippen molar-refractivity contribution in [3.8, 4) is 0 Å². The second-order valence-electron chi connectivity index (χ2n) is 5.45. The highest BCUT2D eigenvalue weighted by Gasteiger charge is 2.15. The SMILES string of the molecule is CCCCCCCCCNC(CCCNC(=N)N)C(=O)O. The topological polar surface area (TPSA) is 111 Å². The summed E-state index contributed by atoms with van der Waals surface area (Å²) >= 11 is 0. The van der Waals surface area contributed by atoms with E-state index in [-0.39, 0.29) is 5.96 Å². The number of hydrogen-bond donors (Lipinski definition) is 5. The first-order chi connectivity index (χ1) is 10.1. The summed E-state index contributed by atoms with van der Waals surface area (Å²) in [5.41, 5.74) is 5.17. The van der Waals surface area contributed by atoms with E-state index in [0.29, 0.717) is 19.4 Å². The van der Waals surface area contributed by atoms with Gasteiger partial charge in [0, 0.05) is 6.54 Å². The Morgan fingerprint density at radius 1 is 1.10 bits per heavy atom. The summed E-state index contributed by atoms with van der Waals surface area (Å²) in [7, 11) is 0. The Bertz CT molecular complexity index is 285. The zero-order valence-corrected chi connectivity index (χ0v) is 13.3. The molecule has 0 saturated heterocycles. The van der Waals surface area contributed by atoms with Crippen molar-refractivity contribution in [1.82, 2.24) is 10.6 Å². The molecule has 124 valence electrons. The van der Waals surface area contributed by atoms with Gasteiger partial charge in [0.15, 0.2) is 5.96 Å². The summed E-state index contributed by atoms with van der Waals surface area (Å²) in [6, 6.07) is -0.501. The van der Waals surface area contributed by atoms with E-state index in [9.17, 15) is 4.79 Å². The molecule has 6 nitrogen and oxygen atoms in total. The maximum atomic E-state index is 11.1. The van der Waals surface area contributed by atoms with Gasteiger partial charge < -0.3 is 21.5 Å². The Hall–Kier alpha value is -1.30. The van der Waals surface area contributed by atoms with E-state index < -0.39 is 12.0 Å². The monoisotopic (exact) mass is 300 g/mol. The van der Waals surface area contributed by atoms with Crippen molar-refractivity contribution in [2.75, 3.05) is 13.1 Å². The van der Waals surface area contributed by atoms with Gasteiger partial charge in [0.1, 0.15) is 6.04 Å². The van der Waals surface area contributed by atoms with Gasteiger partial charge in [0.25, 0.3) is 0 Å². The van der Waals surface area contributed by atoms with Crippen LogP contribution in [0.2, 0.25) is 0 Å². The van der Waals surface area contributed by atoms with Crippen molar-refractivity contribution in [1.29, 1.82) is 5.41 Å². The minimum atomic E-state index is -0.805. The van der Waals surface area contributed by atoms with E-state index in [1.54, 1.807) is 0 Å². The number of carboxylic acids is 1. The minimum Gasteiger partial charge on any atom is -0.480 e. The van der Waals surface area contributed by atoms with Crippen molar-refractivity contribution in [3.63, 3.8) is 0 Å². The van der Waals surface area contributed by atoms with Gasteiger partial charge in [0.05, 0.1) is 0 Å². The van der Waals surface area contributed by atoms with Gasteiger partial charge in [-0.2, -0.15) is 0 Å². The van der Waals surface area contributed by atoms with Crippen LogP contribution in [-0.2, 0) is 4.79 Å². The third-order valence-corrected chi connectivity index (χ3v) is 3.45. The highest BCUT2D eigenvalue weighted by atomic mass is 16.4. The predicted molar refractivity (Wildman–Crippen MR) is 86.6 cm³/mol. The Balaban J connectivity index is 3.56. The van der Waals surface area contributed by atoms with E-state index in [0.717, 1.165) is 19.4 Å². The smallest absolute Gasteiger partial charge is 0.320 e. The number of nitrogens with two attached hydrogens (primary N) is 1. The molecule has 6 N–H and O–H groups in total. The van der Waals surface area contributed by atoms with Crippen LogP contribution < -0.4 is 16.4 Å². The molecule has 0 rings (SSSR count). The van der Waals surface area contributed by atoms with Gasteiger partial charge in [-0.15, -0.1) is 0 Å². The van der Waals surface area contributed by atoms with Crippen LogP contribution in [0.15, 0.2) is 0 Å². The fourth-order valence-corrected chi connectivity index (χ4v) is 2.20. The standard InChI is InChI=1S/C15H32N4O2/c1-2-3-4-5-6-7-8-11-18-13(14(20)21)10-9-12-19-15(16)17/h13,18H,2-12H2,1H3,(H,20,21)(H4,16,17,19). The molecule has 0 bridgehead atoms. The molecule has 0 aliphatic rings. The second-order valence-corrected chi connectivity index (χ2v) is 5.45. The van der Waals surface area contributed by atoms with Gasteiger partial charge in [-0.3, -0.25) is 10.2 Å². The van der Waals surface area contributed by atoms with Crippen LogP contribution in [0, 0.1) is 5.41 Å². The summed E-state index contributed by atoms with van der Waals surface area (Å²) < 4.78 is 0. The van der Waals surface area contributed by atoms with Crippen LogP contribution in [0.1, 0.15) is 64.7 Å². The lowest BCUT2D eigenvalue weighted by Crippen LogP contribution is -2.38.